The van der Waals surface area contributed by atoms with E-state index < -0.39 is 5.95 Å². The number of benzene rings is 1. The molecule has 0 atom stereocenters. The average Bonchev–Trinajstić information content (AvgIpc) is 3.26. The van der Waals surface area contributed by atoms with Gasteiger partial charge in [-0.1, -0.05) is 24.3 Å². The molecule has 0 spiro atoms. The van der Waals surface area contributed by atoms with Crippen molar-refractivity contribution in [2.45, 2.75) is 32.4 Å². The maximum absolute atomic E-state index is 13.3. The van der Waals surface area contributed by atoms with Gasteiger partial charge in [0.1, 0.15) is 5.69 Å². The Morgan fingerprint density at radius 3 is 2.55 bits per heavy atom. The Kier molecular flexibility index (Phi) is 5.76. The number of piperidine rings is 1. The Morgan fingerprint density at radius 2 is 1.85 bits per heavy atom. The lowest BCUT2D eigenvalue weighted by Crippen LogP contribution is -2.43. The van der Waals surface area contributed by atoms with Gasteiger partial charge >= 0.3 is 0 Å². The van der Waals surface area contributed by atoms with E-state index in [-0.39, 0.29) is 0 Å². The van der Waals surface area contributed by atoms with E-state index in [1.807, 2.05) is 30.8 Å². The first-order valence-corrected chi connectivity index (χ1v) is 11.3. The van der Waals surface area contributed by atoms with E-state index in [1.54, 1.807) is 12.4 Å². The molecule has 0 saturated carbocycles. The molecule has 5 rings (SSSR count). The number of halogens is 1. The zero-order valence-electron chi connectivity index (χ0n) is 19.2. The van der Waals surface area contributed by atoms with Crippen LogP contribution in [-0.4, -0.2) is 56.0 Å². The molecule has 4 aromatic rings. The maximum Gasteiger partial charge on any atom is 0.213 e. The number of anilines is 1. The van der Waals surface area contributed by atoms with Crippen LogP contribution < -0.4 is 4.90 Å². The third-order valence-corrected chi connectivity index (χ3v) is 6.72. The molecule has 33 heavy (non-hydrogen) atoms. The van der Waals surface area contributed by atoms with E-state index in [2.05, 4.69) is 55.3 Å². The molecule has 1 aromatic carbocycles. The van der Waals surface area contributed by atoms with Crippen LogP contribution in [0.2, 0.25) is 0 Å². The summed E-state index contributed by atoms with van der Waals surface area (Å²) >= 11 is 0. The number of rotatable bonds is 5. The van der Waals surface area contributed by atoms with E-state index in [1.165, 1.54) is 6.07 Å². The molecule has 1 aliphatic rings. The Balaban J connectivity index is 1.33. The number of pyridine rings is 1. The fraction of sp³-hybridized carbons (Fsp3) is 0.360. The summed E-state index contributed by atoms with van der Waals surface area (Å²) in [6.45, 7) is 4.54. The van der Waals surface area contributed by atoms with Crippen LogP contribution in [0.15, 0.2) is 48.8 Å². The van der Waals surface area contributed by atoms with Gasteiger partial charge in [-0.15, -0.1) is 10.2 Å². The van der Waals surface area contributed by atoms with Crippen LogP contribution in [0.1, 0.15) is 24.0 Å². The van der Waals surface area contributed by atoms with Crippen molar-refractivity contribution in [3.05, 3.63) is 65.9 Å². The SMILES string of the molecule is Cc1cc(F)ncc1CN(C)C1CCN(c2nnc(-c3ccnn3C)c3ccccc23)CC1. The molecular weight excluding hydrogens is 417 g/mol. The van der Waals surface area contributed by atoms with Gasteiger partial charge in [0.25, 0.3) is 0 Å². The van der Waals surface area contributed by atoms with Crippen molar-refractivity contribution in [2.24, 2.45) is 7.05 Å². The molecule has 1 saturated heterocycles. The standard InChI is InChI=1S/C25H28FN7/c1-17-14-23(26)27-15-18(17)16-31(2)19-9-12-33(13-10-19)25-21-7-5-4-6-20(21)24(29-30-25)22-8-11-28-32(22)3/h4-8,11,14-15,19H,9-10,12-13,16H2,1-3H3. The van der Waals surface area contributed by atoms with Crippen LogP contribution in [0.25, 0.3) is 22.2 Å². The van der Waals surface area contributed by atoms with Gasteiger partial charge in [0.05, 0.1) is 5.69 Å². The lowest BCUT2D eigenvalue weighted by atomic mass is 10.0. The van der Waals surface area contributed by atoms with E-state index in [9.17, 15) is 4.39 Å². The smallest absolute Gasteiger partial charge is 0.213 e. The summed E-state index contributed by atoms with van der Waals surface area (Å²) in [7, 11) is 4.06. The number of aromatic nitrogens is 5. The lowest BCUT2D eigenvalue weighted by Gasteiger charge is -2.37. The number of nitrogens with zero attached hydrogens (tertiary/aromatic N) is 7. The van der Waals surface area contributed by atoms with Gasteiger partial charge in [0.15, 0.2) is 5.82 Å². The summed E-state index contributed by atoms with van der Waals surface area (Å²) in [5.74, 6) is 0.520. The zero-order chi connectivity index (χ0) is 22.9. The first-order valence-electron chi connectivity index (χ1n) is 11.3. The van der Waals surface area contributed by atoms with E-state index in [0.717, 1.165) is 71.6 Å². The van der Waals surface area contributed by atoms with Gasteiger partial charge in [0.2, 0.25) is 5.95 Å². The van der Waals surface area contributed by atoms with Crippen molar-refractivity contribution in [2.75, 3.05) is 25.0 Å². The number of hydrogen-bond donors (Lipinski definition) is 0. The number of aryl methyl sites for hydroxylation is 2. The highest BCUT2D eigenvalue weighted by Crippen LogP contribution is 2.32. The van der Waals surface area contributed by atoms with Crippen molar-refractivity contribution in [3.8, 4) is 11.4 Å². The fourth-order valence-electron chi connectivity index (χ4n) is 4.75. The molecule has 7 nitrogen and oxygen atoms in total. The topological polar surface area (TPSA) is 63.0 Å². The summed E-state index contributed by atoms with van der Waals surface area (Å²) in [6, 6.07) is 12.3. The number of fused-ring (bicyclic) bond motifs is 1. The van der Waals surface area contributed by atoms with E-state index in [4.69, 9.17) is 0 Å². The van der Waals surface area contributed by atoms with Crippen molar-refractivity contribution in [1.82, 2.24) is 29.9 Å². The highest BCUT2D eigenvalue weighted by atomic mass is 19.1. The highest BCUT2D eigenvalue weighted by molar-refractivity contribution is 5.99. The molecule has 0 amide bonds. The van der Waals surface area contributed by atoms with Crippen molar-refractivity contribution < 1.29 is 4.39 Å². The molecular formula is C25H28FN7. The summed E-state index contributed by atoms with van der Waals surface area (Å²) in [4.78, 5) is 8.53. The minimum atomic E-state index is -0.421. The summed E-state index contributed by atoms with van der Waals surface area (Å²) < 4.78 is 15.2. The van der Waals surface area contributed by atoms with E-state index in [0.29, 0.717) is 6.04 Å². The maximum atomic E-state index is 13.3. The normalized spacial score (nSPS) is 15.0. The molecule has 0 aliphatic carbocycles. The highest BCUT2D eigenvalue weighted by Gasteiger charge is 2.25. The quantitative estimate of drug-likeness (QED) is 0.433. The van der Waals surface area contributed by atoms with E-state index >= 15 is 0 Å². The van der Waals surface area contributed by atoms with Crippen LogP contribution in [0.5, 0.6) is 0 Å². The summed E-state index contributed by atoms with van der Waals surface area (Å²) in [5, 5.41) is 15.8. The van der Waals surface area contributed by atoms with Crippen molar-refractivity contribution in [3.63, 3.8) is 0 Å². The Bertz CT molecular complexity index is 1280. The van der Waals surface area contributed by atoms with Crippen LogP contribution in [0.4, 0.5) is 10.2 Å². The minimum Gasteiger partial charge on any atom is -0.354 e. The van der Waals surface area contributed by atoms with Gasteiger partial charge < -0.3 is 4.90 Å². The Morgan fingerprint density at radius 1 is 1.09 bits per heavy atom. The molecule has 8 heteroatoms. The van der Waals surface area contributed by atoms with Gasteiger partial charge in [0, 0.05) is 55.9 Å². The van der Waals surface area contributed by atoms with Crippen molar-refractivity contribution >= 4 is 16.6 Å². The van der Waals surface area contributed by atoms with Gasteiger partial charge in [-0.3, -0.25) is 9.58 Å². The summed E-state index contributed by atoms with van der Waals surface area (Å²) in [5.41, 5.74) is 3.83. The molecule has 0 unspecified atom stereocenters. The molecule has 0 radical (unpaired) electrons. The zero-order valence-corrected chi connectivity index (χ0v) is 19.2. The molecule has 0 N–H and O–H groups in total. The lowest BCUT2D eigenvalue weighted by molar-refractivity contribution is 0.199. The second kappa shape index (κ2) is 8.86. The molecule has 0 bridgehead atoms. The van der Waals surface area contributed by atoms with Gasteiger partial charge in [-0.05, 0) is 50.1 Å². The second-order valence-corrected chi connectivity index (χ2v) is 8.82. The first kappa shape index (κ1) is 21.5. The average molecular weight is 446 g/mol. The molecule has 3 aromatic heterocycles. The van der Waals surface area contributed by atoms with Gasteiger partial charge in [-0.25, -0.2) is 4.98 Å². The first-order chi connectivity index (χ1) is 16.0. The van der Waals surface area contributed by atoms with Crippen LogP contribution >= 0.6 is 0 Å². The van der Waals surface area contributed by atoms with Crippen LogP contribution in [0, 0.1) is 12.9 Å². The summed E-state index contributed by atoms with van der Waals surface area (Å²) in [6.07, 6.45) is 5.50. The third kappa shape index (κ3) is 4.18. The monoisotopic (exact) mass is 445 g/mol. The van der Waals surface area contributed by atoms with Crippen LogP contribution in [0.3, 0.4) is 0 Å². The van der Waals surface area contributed by atoms with Crippen LogP contribution in [-0.2, 0) is 13.6 Å². The molecule has 4 heterocycles. The largest absolute Gasteiger partial charge is 0.354 e. The fourth-order valence-corrected chi connectivity index (χ4v) is 4.75. The predicted molar refractivity (Wildman–Crippen MR) is 127 cm³/mol. The Labute approximate surface area is 192 Å². The second-order valence-electron chi connectivity index (χ2n) is 8.82. The van der Waals surface area contributed by atoms with Gasteiger partial charge in [-0.2, -0.15) is 9.49 Å². The molecule has 170 valence electrons. The van der Waals surface area contributed by atoms with Crippen molar-refractivity contribution in [1.29, 1.82) is 0 Å². The molecule has 1 aliphatic heterocycles. The predicted octanol–water partition coefficient (Wildman–Crippen LogP) is 3.97. The third-order valence-electron chi connectivity index (χ3n) is 6.72. The molecule has 1 fully saturated rings. The minimum absolute atomic E-state index is 0.421. The Hall–Kier alpha value is -3.39. The number of hydrogen-bond acceptors (Lipinski definition) is 6.